The van der Waals surface area contributed by atoms with Crippen molar-refractivity contribution in [1.82, 2.24) is 4.31 Å². The highest BCUT2D eigenvalue weighted by Crippen LogP contribution is 2.25. The highest BCUT2D eigenvalue weighted by molar-refractivity contribution is 7.89. The molecule has 1 aromatic carbocycles. The summed E-state index contributed by atoms with van der Waals surface area (Å²) in [6, 6.07) is 8.82. The summed E-state index contributed by atoms with van der Waals surface area (Å²) < 4.78 is 36.6. The lowest BCUT2D eigenvalue weighted by molar-refractivity contribution is 0.0724. The highest BCUT2D eigenvalue weighted by Gasteiger charge is 2.29. The van der Waals surface area contributed by atoms with Crippen molar-refractivity contribution in [2.45, 2.75) is 5.09 Å². The van der Waals surface area contributed by atoms with Gasteiger partial charge in [0, 0.05) is 24.5 Å². The molecule has 1 aliphatic heterocycles. The van der Waals surface area contributed by atoms with Crippen molar-refractivity contribution >= 4 is 21.0 Å². The highest BCUT2D eigenvalue weighted by atomic mass is 32.2. The molecule has 0 unspecified atom stereocenters. The van der Waals surface area contributed by atoms with Crippen molar-refractivity contribution in [3.8, 4) is 0 Å². The molecule has 3 rings (SSSR count). The third-order valence-corrected chi connectivity index (χ3v) is 4.72. The van der Waals surface area contributed by atoms with E-state index in [0.717, 1.165) is 5.39 Å². The number of fused-ring (bicyclic) bond motifs is 1. The molecule has 0 spiro atoms. The number of ether oxygens (including phenoxy) is 1. The van der Waals surface area contributed by atoms with Crippen LogP contribution in [0.3, 0.4) is 0 Å². The number of sulfonamides is 1. The normalized spacial score (nSPS) is 18.2. The summed E-state index contributed by atoms with van der Waals surface area (Å²) in [6.07, 6.45) is 0. The fraction of sp³-hybridized carbons (Fsp3) is 0.333. The molecule has 0 saturated carbocycles. The number of hydrogen-bond donors (Lipinski definition) is 0. The van der Waals surface area contributed by atoms with Gasteiger partial charge in [-0.3, -0.25) is 0 Å². The van der Waals surface area contributed by atoms with Gasteiger partial charge >= 0.3 is 0 Å². The zero-order valence-corrected chi connectivity index (χ0v) is 10.5. The molecule has 0 atom stereocenters. The van der Waals surface area contributed by atoms with Gasteiger partial charge in [0.05, 0.1) is 13.2 Å². The van der Waals surface area contributed by atoms with E-state index in [2.05, 4.69) is 0 Å². The monoisotopic (exact) mass is 267 g/mol. The molecule has 1 fully saturated rings. The molecule has 18 heavy (non-hydrogen) atoms. The van der Waals surface area contributed by atoms with Crippen molar-refractivity contribution in [2.75, 3.05) is 26.3 Å². The molecule has 6 heteroatoms. The number of nitrogens with zero attached hydrogens (tertiary/aromatic N) is 1. The minimum Gasteiger partial charge on any atom is -0.443 e. The van der Waals surface area contributed by atoms with Gasteiger partial charge in [0.15, 0.2) is 0 Å². The van der Waals surface area contributed by atoms with E-state index in [4.69, 9.17) is 9.15 Å². The first-order valence-electron chi connectivity index (χ1n) is 5.74. The minimum absolute atomic E-state index is 0.00519. The van der Waals surface area contributed by atoms with Gasteiger partial charge in [-0.05, 0) is 6.07 Å². The van der Waals surface area contributed by atoms with Crippen LogP contribution in [-0.2, 0) is 14.8 Å². The third-order valence-electron chi connectivity index (χ3n) is 2.97. The lowest BCUT2D eigenvalue weighted by atomic mass is 10.3. The summed E-state index contributed by atoms with van der Waals surface area (Å²) >= 11 is 0. The lowest BCUT2D eigenvalue weighted by Crippen LogP contribution is -2.40. The molecule has 1 aliphatic rings. The Hall–Kier alpha value is -1.37. The second-order valence-electron chi connectivity index (χ2n) is 4.12. The molecule has 2 aromatic rings. The maximum absolute atomic E-state index is 12.3. The van der Waals surface area contributed by atoms with Crippen LogP contribution in [0, 0.1) is 0 Å². The van der Waals surface area contributed by atoms with E-state index in [1.165, 1.54) is 4.31 Å². The number of para-hydroxylation sites is 1. The van der Waals surface area contributed by atoms with Gasteiger partial charge in [-0.15, -0.1) is 0 Å². The van der Waals surface area contributed by atoms with Gasteiger partial charge in [-0.2, -0.15) is 4.31 Å². The Morgan fingerprint density at radius 2 is 1.83 bits per heavy atom. The van der Waals surface area contributed by atoms with Crippen LogP contribution < -0.4 is 0 Å². The quantitative estimate of drug-likeness (QED) is 0.826. The Kier molecular flexibility index (Phi) is 2.85. The SMILES string of the molecule is O=S(=O)(c1cc2ccccc2o1)N1CCOCC1. The molecule has 96 valence electrons. The summed E-state index contributed by atoms with van der Waals surface area (Å²) in [6.45, 7) is 1.61. The lowest BCUT2D eigenvalue weighted by Gasteiger charge is -2.24. The van der Waals surface area contributed by atoms with Crippen LogP contribution in [0.5, 0.6) is 0 Å². The summed E-state index contributed by atoms with van der Waals surface area (Å²) in [7, 11) is -3.54. The summed E-state index contributed by atoms with van der Waals surface area (Å²) in [5.41, 5.74) is 0.587. The van der Waals surface area contributed by atoms with Crippen molar-refractivity contribution in [1.29, 1.82) is 0 Å². The van der Waals surface area contributed by atoms with E-state index in [9.17, 15) is 8.42 Å². The maximum Gasteiger partial charge on any atom is 0.276 e. The molecule has 5 nitrogen and oxygen atoms in total. The third kappa shape index (κ3) is 1.92. The van der Waals surface area contributed by atoms with E-state index in [1.54, 1.807) is 12.1 Å². The minimum atomic E-state index is -3.54. The smallest absolute Gasteiger partial charge is 0.276 e. The van der Waals surface area contributed by atoms with Crippen molar-refractivity contribution < 1.29 is 17.6 Å². The average Bonchev–Trinajstić information content (AvgIpc) is 2.84. The zero-order valence-electron chi connectivity index (χ0n) is 9.70. The summed E-state index contributed by atoms with van der Waals surface area (Å²) in [4.78, 5) is 0. The Morgan fingerprint density at radius 1 is 1.11 bits per heavy atom. The second kappa shape index (κ2) is 4.38. The first kappa shape index (κ1) is 11.7. The van der Waals surface area contributed by atoms with Crippen LogP contribution in [0.2, 0.25) is 0 Å². The van der Waals surface area contributed by atoms with Crippen molar-refractivity contribution in [3.05, 3.63) is 30.3 Å². The standard InChI is InChI=1S/C12H13NO4S/c14-18(15,13-5-7-16-8-6-13)12-9-10-3-1-2-4-11(10)17-12/h1-4,9H,5-8H2. The summed E-state index contributed by atoms with van der Waals surface area (Å²) in [5.74, 6) is 0. The van der Waals surface area contributed by atoms with Crippen molar-refractivity contribution in [2.24, 2.45) is 0 Å². The largest absolute Gasteiger partial charge is 0.443 e. The van der Waals surface area contributed by atoms with Crippen LogP contribution >= 0.6 is 0 Å². The van der Waals surface area contributed by atoms with Gasteiger partial charge in [-0.25, -0.2) is 8.42 Å². The van der Waals surface area contributed by atoms with Gasteiger partial charge in [0.1, 0.15) is 5.58 Å². The van der Waals surface area contributed by atoms with Crippen LogP contribution in [0.4, 0.5) is 0 Å². The average molecular weight is 267 g/mol. The molecule has 0 aliphatic carbocycles. The number of furan rings is 1. The molecular weight excluding hydrogens is 254 g/mol. The predicted molar refractivity (Wildman–Crippen MR) is 65.8 cm³/mol. The second-order valence-corrected chi connectivity index (χ2v) is 5.99. The first-order chi connectivity index (χ1) is 8.68. The number of hydrogen-bond acceptors (Lipinski definition) is 4. The Bertz CT molecular complexity index is 623. The maximum atomic E-state index is 12.3. The molecule has 1 aromatic heterocycles. The van der Waals surface area contributed by atoms with Gasteiger partial charge in [0.2, 0.25) is 5.09 Å². The fourth-order valence-electron chi connectivity index (χ4n) is 2.00. The molecule has 0 N–H and O–H groups in total. The van der Waals surface area contributed by atoms with E-state index >= 15 is 0 Å². The number of rotatable bonds is 2. The number of morpholine rings is 1. The summed E-state index contributed by atoms with van der Waals surface area (Å²) in [5, 5.41) is 0.801. The molecule has 0 bridgehead atoms. The van der Waals surface area contributed by atoms with Crippen LogP contribution in [0.25, 0.3) is 11.0 Å². The van der Waals surface area contributed by atoms with Crippen LogP contribution in [0.15, 0.2) is 39.8 Å². The van der Waals surface area contributed by atoms with Gasteiger partial charge < -0.3 is 9.15 Å². The fourth-order valence-corrected chi connectivity index (χ4v) is 3.35. The molecule has 1 saturated heterocycles. The van der Waals surface area contributed by atoms with E-state index < -0.39 is 10.0 Å². The topological polar surface area (TPSA) is 59.8 Å². The van der Waals surface area contributed by atoms with Crippen molar-refractivity contribution in [3.63, 3.8) is 0 Å². The van der Waals surface area contributed by atoms with Gasteiger partial charge in [0.25, 0.3) is 10.0 Å². The Morgan fingerprint density at radius 3 is 2.56 bits per heavy atom. The van der Waals surface area contributed by atoms with E-state index in [0.29, 0.717) is 31.9 Å². The van der Waals surface area contributed by atoms with E-state index in [-0.39, 0.29) is 5.09 Å². The number of benzene rings is 1. The molecular formula is C12H13NO4S. The Labute approximate surface area is 105 Å². The zero-order chi connectivity index (χ0) is 12.6. The molecule has 2 heterocycles. The van der Waals surface area contributed by atoms with E-state index in [1.807, 2.05) is 18.2 Å². The Balaban J connectivity index is 2.01. The first-order valence-corrected chi connectivity index (χ1v) is 7.18. The molecule has 0 radical (unpaired) electrons. The molecule has 0 amide bonds. The van der Waals surface area contributed by atoms with Crippen LogP contribution in [0.1, 0.15) is 0 Å². The van der Waals surface area contributed by atoms with Gasteiger partial charge in [-0.1, -0.05) is 18.2 Å². The van der Waals surface area contributed by atoms with Crippen LogP contribution in [-0.4, -0.2) is 39.0 Å². The predicted octanol–water partition coefficient (Wildman–Crippen LogP) is 1.45.